The molecule has 1 unspecified atom stereocenters. The van der Waals surface area contributed by atoms with Gasteiger partial charge in [0.15, 0.2) is 6.10 Å². The van der Waals surface area contributed by atoms with Crippen molar-refractivity contribution in [1.82, 2.24) is 0 Å². The first-order valence-electron chi connectivity index (χ1n) is 5.86. The first kappa shape index (κ1) is 14.0. The van der Waals surface area contributed by atoms with Crippen LogP contribution in [0.15, 0.2) is 24.3 Å². The van der Waals surface area contributed by atoms with Gasteiger partial charge >= 0.3 is 0 Å². The van der Waals surface area contributed by atoms with Crippen molar-refractivity contribution in [2.75, 3.05) is 0 Å². The zero-order valence-electron chi connectivity index (χ0n) is 10.8. The molecule has 0 saturated carbocycles. The molecule has 1 rings (SSSR count). The van der Waals surface area contributed by atoms with Gasteiger partial charge in [0.25, 0.3) is 5.69 Å². The van der Waals surface area contributed by atoms with Crippen LogP contribution in [0.2, 0.25) is 0 Å². The lowest BCUT2D eigenvalue weighted by Crippen LogP contribution is -2.16. The molecule has 0 amide bonds. The Morgan fingerprint density at radius 3 is 2.39 bits per heavy atom. The highest BCUT2D eigenvalue weighted by atomic mass is 16.6. The van der Waals surface area contributed by atoms with Crippen molar-refractivity contribution in [3.8, 4) is 17.6 Å². The van der Waals surface area contributed by atoms with Crippen LogP contribution < -0.4 is 4.74 Å². The molecule has 0 aromatic heterocycles. The Kier molecular flexibility index (Phi) is 5.19. The lowest BCUT2D eigenvalue weighted by atomic mass is 10.1. The normalized spacial score (nSPS) is 11.6. The Morgan fingerprint density at radius 2 is 1.94 bits per heavy atom. The van der Waals surface area contributed by atoms with Gasteiger partial charge in [-0.05, 0) is 31.4 Å². The Labute approximate surface area is 107 Å². The molecule has 0 N–H and O–H groups in total. The lowest BCUT2D eigenvalue weighted by Gasteiger charge is -2.15. The Hall–Kier alpha value is -2.02. The highest BCUT2D eigenvalue weighted by Gasteiger charge is 2.11. The maximum atomic E-state index is 10.5. The van der Waals surface area contributed by atoms with Crippen molar-refractivity contribution in [2.45, 2.75) is 33.3 Å². The van der Waals surface area contributed by atoms with E-state index in [1.807, 2.05) is 0 Å². The van der Waals surface area contributed by atoms with E-state index in [2.05, 4.69) is 25.7 Å². The van der Waals surface area contributed by atoms with Gasteiger partial charge in [0.1, 0.15) is 5.75 Å². The topological polar surface area (TPSA) is 52.4 Å². The number of ether oxygens (including phenoxy) is 1. The van der Waals surface area contributed by atoms with E-state index in [-0.39, 0.29) is 11.8 Å². The monoisotopic (exact) mass is 247 g/mol. The molecule has 0 radical (unpaired) electrons. The summed E-state index contributed by atoms with van der Waals surface area (Å²) in [7, 11) is 0. The van der Waals surface area contributed by atoms with Crippen molar-refractivity contribution in [3.63, 3.8) is 0 Å². The first-order valence-corrected chi connectivity index (χ1v) is 5.86. The summed E-state index contributed by atoms with van der Waals surface area (Å²) < 4.78 is 5.70. The van der Waals surface area contributed by atoms with E-state index in [9.17, 15) is 10.1 Å². The Balaban J connectivity index is 2.73. The summed E-state index contributed by atoms with van der Waals surface area (Å²) >= 11 is 0. The van der Waals surface area contributed by atoms with Crippen LogP contribution in [0.5, 0.6) is 5.75 Å². The van der Waals surface area contributed by atoms with Crippen molar-refractivity contribution >= 4 is 5.69 Å². The SMILES string of the molecule is CC#CC(CC(C)C)Oc1ccc([N+](=O)[O-])cc1. The summed E-state index contributed by atoms with van der Waals surface area (Å²) in [6.45, 7) is 5.97. The van der Waals surface area contributed by atoms with E-state index in [4.69, 9.17) is 4.74 Å². The highest BCUT2D eigenvalue weighted by Crippen LogP contribution is 2.20. The van der Waals surface area contributed by atoms with Gasteiger partial charge < -0.3 is 4.74 Å². The number of hydrogen-bond donors (Lipinski definition) is 0. The summed E-state index contributed by atoms with van der Waals surface area (Å²) in [5.74, 6) is 6.92. The zero-order valence-corrected chi connectivity index (χ0v) is 10.8. The summed E-state index contributed by atoms with van der Waals surface area (Å²) in [6.07, 6.45) is 0.661. The lowest BCUT2D eigenvalue weighted by molar-refractivity contribution is -0.384. The van der Waals surface area contributed by atoms with Crippen LogP contribution in [0, 0.1) is 27.9 Å². The predicted octanol–water partition coefficient (Wildman–Crippen LogP) is 3.41. The fourth-order valence-corrected chi connectivity index (χ4v) is 1.54. The van der Waals surface area contributed by atoms with Crippen LogP contribution in [0.1, 0.15) is 27.2 Å². The van der Waals surface area contributed by atoms with E-state index >= 15 is 0 Å². The third-order valence-electron chi connectivity index (χ3n) is 2.32. The Bertz CT molecular complexity index is 454. The number of nitro benzene ring substituents is 1. The average Bonchev–Trinajstić information content (AvgIpc) is 2.29. The molecule has 0 spiro atoms. The van der Waals surface area contributed by atoms with Crippen molar-refractivity contribution in [1.29, 1.82) is 0 Å². The molecule has 96 valence electrons. The van der Waals surface area contributed by atoms with Crippen LogP contribution in [0.4, 0.5) is 5.69 Å². The average molecular weight is 247 g/mol. The standard InChI is InChI=1S/C14H17NO3/c1-4-5-14(10-11(2)3)18-13-8-6-12(7-9-13)15(16)17/h6-9,11,14H,10H2,1-3H3. The van der Waals surface area contributed by atoms with E-state index in [0.29, 0.717) is 11.7 Å². The zero-order chi connectivity index (χ0) is 13.5. The fourth-order valence-electron chi connectivity index (χ4n) is 1.54. The maximum Gasteiger partial charge on any atom is 0.269 e. The van der Waals surface area contributed by atoms with Gasteiger partial charge in [-0.2, -0.15) is 0 Å². The van der Waals surface area contributed by atoms with Crippen LogP contribution in [0.3, 0.4) is 0 Å². The molecule has 0 heterocycles. The summed E-state index contributed by atoms with van der Waals surface area (Å²) in [5.41, 5.74) is 0.0596. The molecule has 0 bridgehead atoms. The summed E-state index contributed by atoms with van der Waals surface area (Å²) in [6, 6.07) is 6.06. The molecule has 0 aliphatic carbocycles. The first-order chi connectivity index (χ1) is 8.52. The van der Waals surface area contributed by atoms with Gasteiger partial charge in [-0.25, -0.2) is 0 Å². The molecule has 0 aliphatic heterocycles. The second kappa shape index (κ2) is 6.65. The molecular weight excluding hydrogens is 230 g/mol. The van der Waals surface area contributed by atoms with Crippen molar-refractivity contribution < 1.29 is 9.66 Å². The molecule has 0 aliphatic rings. The number of nitrogens with zero attached hydrogens (tertiary/aromatic N) is 1. The second-order valence-electron chi connectivity index (χ2n) is 4.38. The van der Waals surface area contributed by atoms with Gasteiger partial charge in [-0.3, -0.25) is 10.1 Å². The maximum absolute atomic E-state index is 10.5. The third kappa shape index (κ3) is 4.46. The van der Waals surface area contributed by atoms with Crippen LogP contribution in [0.25, 0.3) is 0 Å². The smallest absolute Gasteiger partial charge is 0.269 e. The number of hydrogen-bond acceptors (Lipinski definition) is 3. The molecule has 4 heteroatoms. The molecule has 0 fully saturated rings. The van der Waals surface area contributed by atoms with Gasteiger partial charge in [-0.15, -0.1) is 5.92 Å². The molecule has 1 aromatic carbocycles. The highest BCUT2D eigenvalue weighted by molar-refractivity contribution is 5.36. The van der Waals surface area contributed by atoms with E-state index in [1.165, 1.54) is 12.1 Å². The largest absolute Gasteiger partial charge is 0.478 e. The Morgan fingerprint density at radius 1 is 1.33 bits per heavy atom. The van der Waals surface area contributed by atoms with Crippen LogP contribution in [-0.4, -0.2) is 11.0 Å². The van der Waals surface area contributed by atoms with Crippen molar-refractivity contribution in [2.24, 2.45) is 5.92 Å². The third-order valence-corrected chi connectivity index (χ3v) is 2.32. The molecule has 1 aromatic rings. The molecule has 0 saturated heterocycles. The second-order valence-corrected chi connectivity index (χ2v) is 4.38. The van der Waals surface area contributed by atoms with Crippen LogP contribution >= 0.6 is 0 Å². The summed E-state index contributed by atoms with van der Waals surface area (Å²) in [4.78, 5) is 10.1. The minimum absolute atomic E-state index is 0.0596. The number of rotatable bonds is 5. The van der Waals surface area contributed by atoms with Gasteiger partial charge in [0, 0.05) is 12.1 Å². The quantitative estimate of drug-likeness (QED) is 0.455. The van der Waals surface area contributed by atoms with Gasteiger partial charge in [0.2, 0.25) is 0 Å². The molecule has 18 heavy (non-hydrogen) atoms. The van der Waals surface area contributed by atoms with Gasteiger partial charge in [0.05, 0.1) is 4.92 Å². The molecular formula is C14H17NO3. The minimum Gasteiger partial charge on any atom is -0.478 e. The van der Waals surface area contributed by atoms with E-state index in [1.54, 1.807) is 19.1 Å². The molecule has 4 nitrogen and oxygen atoms in total. The predicted molar refractivity (Wildman–Crippen MR) is 70.4 cm³/mol. The number of nitro groups is 1. The van der Waals surface area contributed by atoms with Gasteiger partial charge in [-0.1, -0.05) is 19.8 Å². The number of non-ortho nitro benzene ring substituents is 1. The van der Waals surface area contributed by atoms with Crippen LogP contribution in [-0.2, 0) is 0 Å². The van der Waals surface area contributed by atoms with Crippen molar-refractivity contribution in [3.05, 3.63) is 34.4 Å². The van der Waals surface area contributed by atoms with E-state index < -0.39 is 4.92 Å². The fraction of sp³-hybridized carbons (Fsp3) is 0.429. The molecule has 1 atom stereocenters. The minimum atomic E-state index is -0.429. The summed E-state index contributed by atoms with van der Waals surface area (Å²) in [5, 5.41) is 10.5. The number of benzene rings is 1. The van der Waals surface area contributed by atoms with E-state index in [0.717, 1.165) is 6.42 Å².